The van der Waals surface area contributed by atoms with Gasteiger partial charge in [-0.2, -0.15) is 5.10 Å². The molecule has 23 heavy (non-hydrogen) atoms. The maximum atomic E-state index is 11.8. The van der Waals surface area contributed by atoms with Crippen molar-refractivity contribution in [2.24, 2.45) is 5.10 Å². The molecule has 0 aromatic heterocycles. The average molecular weight is 320 g/mol. The Morgan fingerprint density at radius 3 is 2.43 bits per heavy atom. The minimum absolute atomic E-state index is 0.0404. The van der Waals surface area contributed by atoms with Crippen LogP contribution in [-0.2, 0) is 4.79 Å². The molecule has 0 aliphatic rings. The van der Waals surface area contributed by atoms with E-state index in [4.69, 9.17) is 9.47 Å². The number of nitrogens with one attached hydrogen (secondary N) is 1. The van der Waals surface area contributed by atoms with Crippen molar-refractivity contribution in [3.05, 3.63) is 23.8 Å². The molecule has 1 rings (SSSR count). The Bertz CT molecular complexity index is 527. The first kappa shape index (κ1) is 19.0. The second kappa shape index (κ2) is 10.6. The molecule has 0 unspecified atom stereocenters. The fourth-order valence-electron chi connectivity index (χ4n) is 2.22. The molecule has 0 radical (unpaired) electrons. The van der Waals surface area contributed by atoms with Crippen LogP contribution in [0.5, 0.6) is 11.5 Å². The highest BCUT2D eigenvalue weighted by Crippen LogP contribution is 2.27. The van der Waals surface area contributed by atoms with Gasteiger partial charge in [0.05, 0.1) is 19.9 Å². The molecule has 0 saturated carbocycles. The number of ether oxygens (including phenoxy) is 2. The summed E-state index contributed by atoms with van der Waals surface area (Å²) in [4.78, 5) is 11.8. The zero-order chi connectivity index (χ0) is 17.1. The lowest BCUT2D eigenvalue weighted by molar-refractivity contribution is -0.121. The molecular formula is C18H28N2O3. The maximum absolute atomic E-state index is 11.8. The van der Waals surface area contributed by atoms with E-state index in [1.54, 1.807) is 14.2 Å². The number of hydrazone groups is 1. The number of hydrogen-bond acceptors (Lipinski definition) is 4. The molecular weight excluding hydrogens is 292 g/mol. The average Bonchev–Trinajstić information content (AvgIpc) is 2.58. The quantitative estimate of drug-likeness (QED) is 0.404. The normalized spacial score (nSPS) is 11.2. The summed E-state index contributed by atoms with van der Waals surface area (Å²) in [6, 6.07) is 5.55. The summed E-state index contributed by atoms with van der Waals surface area (Å²) < 4.78 is 10.5. The number of rotatable bonds is 10. The summed E-state index contributed by atoms with van der Waals surface area (Å²) in [6.07, 6.45) is 6.17. The van der Waals surface area contributed by atoms with Crippen molar-refractivity contribution < 1.29 is 14.3 Å². The lowest BCUT2D eigenvalue weighted by Crippen LogP contribution is -2.18. The minimum atomic E-state index is -0.0404. The number of hydrogen-bond donors (Lipinski definition) is 1. The van der Waals surface area contributed by atoms with Crippen LogP contribution in [0, 0.1) is 0 Å². The van der Waals surface area contributed by atoms with Crippen LogP contribution in [-0.4, -0.2) is 25.8 Å². The third kappa shape index (κ3) is 6.72. The number of carbonyl (C=O) groups excluding carboxylic acids is 1. The molecule has 1 aromatic rings. The number of methoxy groups -OCH3 is 2. The van der Waals surface area contributed by atoms with Gasteiger partial charge < -0.3 is 9.47 Å². The van der Waals surface area contributed by atoms with Gasteiger partial charge in [-0.25, -0.2) is 5.43 Å². The molecule has 0 atom stereocenters. The Hall–Kier alpha value is -2.04. The third-order valence-electron chi connectivity index (χ3n) is 3.66. The van der Waals surface area contributed by atoms with Crippen LogP contribution in [0.4, 0.5) is 0 Å². The van der Waals surface area contributed by atoms with E-state index in [0.717, 1.165) is 24.1 Å². The van der Waals surface area contributed by atoms with E-state index in [1.807, 2.05) is 25.1 Å². The van der Waals surface area contributed by atoms with E-state index in [0.29, 0.717) is 17.9 Å². The van der Waals surface area contributed by atoms with Gasteiger partial charge in [0.25, 0.3) is 0 Å². The number of amides is 1. The second-order valence-corrected chi connectivity index (χ2v) is 5.47. The molecule has 1 N–H and O–H groups in total. The van der Waals surface area contributed by atoms with Gasteiger partial charge in [0.15, 0.2) is 11.5 Å². The number of nitrogens with zero attached hydrogens (tertiary/aromatic N) is 1. The minimum Gasteiger partial charge on any atom is -0.493 e. The van der Waals surface area contributed by atoms with E-state index in [1.165, 1.54) is 19.3 Å². The molecule has 0 aliphatic carbocycles. The van der Waals surface area contributed by atoms with Crippen molar-refractivity contribution in [2.75, 3.05) is 14.2 Å². The van der Waals surface area contributed by atoms with E-state index >= 15 is 0 Å². The summed E-state index contributed by atoms with van der Waals surface area (Å²) in [6.45, 7) is 4.03. The molecule has 0 aliphatic heterocycles. The van der Waals surface area contributed by atoms with Gasteiger partial charge in [0.1, 0.15) is 0 Å². The predicted octanol–water partition coefficient (Wildman–Crippen LogP) is 3.90. The lowest BCUT2D eigenvalue weighted by atomic mass is 10.1. The summed E-state index contributed by atoms with van der Waals surface area (Å²) in [5.41, 5.74) is 4.22. The van der Waals surface area contributed by atoms with Gasteiger partial charge in [-0.3, -0.25) is 4.79 Å². The number of benzene rings is 1. The molecule has 0 fully saturated rings. The fraction of sp³-hybridized carbons (Fsp3) is 0.556. The predicted molar refractivity (Wildman–Crippen MR) is 93.3 cm³/mol. The Labute approximate surface area is 139 Å². The zero-order valence-corrected chi connectivity index (χ0v) is 14.6. The first-order valence-electron chi connectivity index (χ1n) is 8.17. The molecule has 1 amide bonds. The van der Waals surface area contributed by atoms with E-state index < -0.39 is 0 Å². The Balaban J connectivity index is 2.51. The van der Waals surface area contributed by atoms with Crippen LogP contribution < -0.4 is 14.9 Å². The Morgan fingerprint density at radius 1 is 1.09 bits per heavy atom. The van der Waals surface area contributed by atoms with Crippen LogP contribution in [0.1, 0.15) is 57.9 Å². The number of carbonyl (C=O) groups is 1. The van der Waals surface area contributed by atoms with Crippen molar-refractivity contribution >= 4 is 11.6 Å². The highest BCUT2D eigenvalue weighted by molar-refractivity contribution is 5.99. The first-order valence-corrected chi connectivity index (χ1v) is 8.17. The van der Waals surface area contributed by atoms with E-state index in [9.17, 15) is 4.79 Å². The fourth-order valence-corrected chi connectivity index (χ4v) is 2.22. The first-order chi connectivity index (χ1) is 11.1. The van der Waals surface area contributed by atoms with Crippen molar-refractivity contribution in [3.8, 4) is 11.5 Å². The van der Waals surface area contributed by atoms with Crippen LogP contribution in [0.15, 0.2) is 23.3 Å². The molecule has 0 heterocycles. The van der Waals surface area contributed by atoms with Gasteiger partial charge in [0, 0.05) is 12.0 Å². The van der Waals surface area contributed by atoms with Crippen LogP contribution >= 0.6 is 0 Å². The molecule has 5 nitrogen and oxygen atoms in total. The molecule has 128 valence electrons. The third-order valence-corrected chi connectivity index (χ3v) is 3.66. The largest absolute Gasteiger partial charge is 0.493 e. The Morgan fingerprint density at radius 2 is 1.78 bits per heavy atom. The van der Waals surface area contributed by atoms with Crippen molar-refractivity contribution in [3.63, 3.8) is 0 Å². The smallest absolute Gasteiger partial charge is 0.240 e. The summed E-state index contributed by atoms with van der Waals surface area (Å²) in [7, 11) is 3.19. The SMILES string of the molecule is CCCCCCCC(=O)NN=C(C)c1ccc(OC)c(OC)c1. The van der Waals surface area contributed by atoms with Crippen molar-refractivity contribution in [1.29, 1.82) is 0 Å². The van der Waals surface area contributed by atoms with Gasteiger partial charge in [-0.15, -0.1) is 0 Å². The maximum Gasteiger partial charge on any atom is 0.240 e. The van der Waals surface area contributed by atoms with E-state index in [-0.39, 0.29) is 5.91 Å². The standard InChI is InChI=1S/C18H28N2O3/c1-5-6-7-8-9-10-18(21)20-19-14(2)15-11-12-16(22-3)17(13-15)23-4/h11-13H,5-10H2,1-4H3,(H,20,21). The van der Waals surface area contributed by atoms with Crippen LogP contribution in [0.3, 0.4) is 0 Å². The zero-order valence-electron chi connectivity index (χ0n) is 14.6. The molecule has 0 saturated heterocycles. The van der Waals surface area contributed by atoms with Gasteiger partial charge in [-0.1, -0.05) is 32.6 Å². The molecule has 0 spiro atoms. The van der Waals surface area contributed by atoms with Gasteiger partial charge >= 0.3 is 0 Å². The molecule has 5 heteroatoms. The molecule has 1 aromatic carbocycles. The highest BCUT2D eigenvalue weighted by Gasteiger charge is 2.07. The van der Waals surface area contributed by atoms with Crippen LogP contribution in [0.2, 0.25) is 0 Å². The summed E-state index contributed by atoms with van der Waals surface area (Å²) in [5, 5.41) is 4.16. The van der Waals surface area contributed by atoms with Crippen molar-refractivity contribution in [1.82, 2.24) is 5.43 Å². The summed E-state index contributed by atoms with van der Waals surface area (Å²) in [5.74, 6) is 1.27. The van der Waals surface area contributed by atoms with Gasteiger partial charge in [-0.05, 0) is 31.5 Å². The van der Waals surface area contributed by atoms with Crippen molar-refractivity contribution in [2.45, 2.75) is 52.4 Å². The Kier molecular flexibility index (Phi) is 8.80. The monoisotopic (exact) mass is 320 g/mol. The highest BCUT2D eigenvalue weighted by atomic mass is 16.5. The topological polar surface area (TPSA) is 59.9 Å². The molecule has 0 bridgehead atoms. The van der Waals surface area contributed by atoms with Gasteiger partial charge in [0.2, 0.25) is 5.91 Å². The van der Waals surface area contributed by atoms with E-state index in [2.05, 4.69) is 17.5 Å². The summed E-state index contributed by atoms with van der Waals surface area (Å²) >= 11 is 0. The number of unbranched alkanes of at least 4 members (excludes halogenated alkanes) is 4. The lowest BCUT2D eigenvalue weighted by Gasteiger charge is -2.09. The van der Waals surface area contributed by atoms with Crippen LogP contribution in [0.25, 0.3) is 0 Å². The second-order valence-electron chi connectivity index (χ2n) is 5.47.